The van der Waals surface area contributed by atoms with E-state index in [0.29, 0.717) is 22.6 Å². The standard InChI is InChI=1S/C22H20F3NO/c1-15(2)16-5-7-17(8-6-16)21(27,20-4-3-13-26-14-20)18-9-11-19(12-10-18)22(23,24)25/h3-15,27H,1-2H3. The summed E-state index contributed by atoms with van der Waals surface area (Å²) in [5.74, 6) is 0.330. The van der Waals surface area contributed by atoms with Crippen molar-refractivity contribution in [1.82, 2.24) is 4.98 Å². The van der Waals surface area contributed by atoms with Crippen molar-refractivity contribution in [2.75, 3.05) is 0 Å². The van der Waals surface area contributed by atoms with E-state index >= 15 is 0 Å². The van der Waals surface area contributed by atoms with Crippen LogP contribution in [0.1, 0.15) is 47.6 Å². The molecule has 1 heterocycles. The van der Waals surface area contributed by atoms with Crippen LogP contribution in [0, 0.1) is 0 Å². The van der Waals surface area contributed by atoms with E-state index in [0.717, 1.165) is 17.7 Å². The van der Waals surface area contributed by atoms with Gasteiger partial charge in [0.05, 0.1) is 5.56 Å². The predicted octanol–water partition coefficient (Wildman–Crippen LogP) is 5.51. The van der Waals surface area contributed by atoms with Crippen LogP contribution < -0.4 is 0 Å². The molecule has 3 aromatic rings. The second-order valence-electron chi connectivity index (χ2n) is 6.80. The summed E-state index contributed by atoms with van der Waals surface area (Å²) in [6, 6.07) is 15.4. The average molecular weight is 371 g/mol. The highest BCUT2D eigenvalue weighted by molar-refractivity contribution is 5.47. The molecule has 0 bridgehead atoms. The topological polar surface area (TPSA) is 33.1 Å². The van der Waals surface area contributed by atoms with E-state index in [4.69, 9.17) is 0 Å². The summed E-state index contributed by atoms with van der Waals surface area (Å²) < 4.78 is 38.7. The lowest BCUT2D eigenvalue weighted by Gasteiger charge is -2.30. The lowest BCUT2D eigenvalue weighted by Crippen LogP contribution is -2.29. The second-order valence-corrected chi connectivity index (χ2v) is 6.80. The third-order valence-corrected chi connectivity index (χ3v) is 4.70. The number of aliphatic hydroxyl groups is 1. The van der Waals surface area contributed by atoms with Crippen LogP contribution in [0.2, 0.25) is 0 Å². The molecule has 140 valence electrons. The Morgan fingerprint density at radius 3 is 1.74 bits per heavy atom. The fraction of sp³-hybridized carbons (Fsp3) is 0.227. The molecule has 0 saturated carbocycles. The number of halogens is 3. The quantitative estimate of drug-likeness (QED) is 0.656. The molecule has 0 spiro atoms. The summed E-state index contributed by atoms with van der Waals surface area (Å²) in [6.45, 7) is 4.14. The van der Waals surface area contributed by atoms with Crippen LogP contribution in [0.4, 0.5) is 13.2 Å². The van der Waals surface area contributed by atoms with Gasteiger partial charge in [0.1, 0.15) is 5.60 Å². The van der Waals surface area contributed by atoms with E-state index in [9.17, 15) is 18.3 Å². The Kier molecular flexibility index (Phi) is 5.07. The fourth-order valence-electron chi connectivity index (χ4n) is 3.09. The van der Waals surface area contributed by atoms with Gasteiger partial charge in [-0.1, -0.05) is 56.3 Å². The molecule has 2 nitrogen and oxygen atoms in total. The van der Waals surface area contributed by atoms with Gasteiger partial charge >= 0.3 is 6.18 Å². The van der Waals surface area contributed by atoms with Gasteiger partial charge in [-0.05, 0) is 40.8 Å². The molecule has 0 amide bonds. The van der Waals surface area contributed by atoms with Crippen LogP contribution in [0.3, 0.4) is 0 Å². The molecule has 0 saturated heterocycles. The minimum atomic E-state index is -4.43. The summed E-state index contributed by atoms with van der Waals surface area (Å²) in [4.78, 5) is 4.06. The molecule has 1 N–H and O–H groups in total. The molecule has 5 heteroatoms. The Balaban J connectivity index is 2.14. The lowest BCUT2D eigenvalue weighted by atomic mass is 9.80. The molecule has 0 fully saturated rings. The Bertz CT molecular complexity index is 888. The number of aromatic nitrogens is 1. The lowest BCUT2D eigenvalue weighted by molar-refractivity contribution is -0.137. The first-order valence-corrected chi connectivity index (χ1v) is 8.64. The smallest absolute Gasteiger partial charge is 0.376 e. The van der Waals surface area contributed by atoms with Gasteiger partial charge in [-0.15, -0.1) is 0 Å². The van der Waals surface area contributed by atoms with Gasteiger partial charge in [-0.3, -0.25) is 4.98 Å². The number of alkyl halides is 3. The van der Waals surface area contributed by atoms with Crippen LogP contribution in [-0.4, -0.2) is 10.1 Å². The number of benzene rings is 2. The van der Waals surface area contributed by atoms with Gasteiger partial charge in [0, 0.05) is 18.0 Å². The van der Waals surface area contributed by atoms with Gasteiger partial charge in [-0.2, -0.15) is 13.2 Å². The van der Waals surface area contributed by atoms with Crippen LogP contribution in [-0.2, 0) is 11.8 Å². The highest BCUT2D eigenvalue weighted by Crippen LogP contribution is 2.38. The predicted molar refractivity (Wildman–Crippen MR) is 98.3 cm³/mol. The minimum absolute atomic E-state index is 0.330. The minimum Gasteiger partial charge on any atom is -0.376 e. The molecule has 27 heavy (non-hydrogen) atoms. The third kappa shape index (κ3) is 3.74. The van der Waals surface area contributed by atoms with Crippen molar-refractivity contribution in [3.05, 3.63) is 101 Å². The number of rotatable bonds is 4. The van der Waals surface area contributed by atoms with Crippen molar-refractivity contribution in [2.45, 2.75) is 31.5 Å². The van der Waals surface area contributed by atoms with Crippen LogP contribution >= 0.6 is 0 Å². The van der Waals surface area contributed by atoms with Crippen molar-refractivity contribution in [2.24, 2.45) is 0 Å². The zero-order valence-corrected chi connectivity index (χ0v) is 15.0. The highest BCUT2D eigenvalue weighted by atomic mass is 19.4. The zero-order chi connectivity index (χ0) is 19.7. The summed E-state index contributed by atoms with van der Waals surface area (Å²) >= 11 is 0. The molecule has 0 aliphatic rings. The van der Waals surface area contributed by atoms with E-state index in [1.54, 1.807) is 30.5 Å². The molecule has 0 radical (unpaired) electrons. The molecule has 3 rings (SSSR count). The number of nitrogens with zero attached hydrogens (tertiary/aromatic N) is 1. The molecule has 1 aromatic heterocycles. The molecule has 0 aliphatic carbocycles. The zero-order valence-electron chi connectivity index (χ0n) is 15.0. The number of hydrogen-bond donors (Lipinski definition) is 1. The average Bonchev–Trinajstić information content (AvgIpc) is 2.67. The molecule has 1 unspecified atom stereocenters. The highest BCUT2D eigenvalue weighted by Gasteiger charge is 2.36. The van der Waals surface area contributed by atoms with Crippen molar-refractivity contribution in [3.63, 3.8) is 0 Å². The van der Waals surface area contributed by atoms with Crippen LogP contribution in [0.15, 0.2) is 73.1 Å². The van der Waals surface area contributed by atoms with Gasteiger partial charge in [0.25, 0.3) is 0 Å². The largest absolute Gasteiger partial charge is 0.416 e. The summed E-state index contributed by atoms with van der Waals surface area (Å²) in [7, 11) is 0. The first-order valence-electron chi connectivity index (χ1n) is 8.64. The van der Waals surface area contributed by atoms with Crippen molar-refractivity contribution >= 4 is 0 Å². The SMILES string of the molecule is CC(C)c1ccc(C(O)(c2ccc(C(F)(F)F)cc2)c2cccnc2)cc1. The Labute approximate surface area is 156 Å². The van der Waals surface area contributed by atoms with Crippen LogP contribution in [0.5, 0.6) is 0 Å². The summed E-state index contributed by atoms with van der Waals surface area (Å²) in [5, 5.41) is 11.6. The van der Waals surface area contributed by atoms with E-state index in [2.05, 4.69) is 18.8 Å². The van der Waals surface area contributed by atoms with Gasteiger partial charge in [0.15, 0.2) is 0 Å². The van der Waals surface area contributed by atoms with Crippen molar-refractivity contribution < 1.29 is 18.3 Å². The maximum atomic E-state index is 12.9. The summed E-state index contributed by atoms with van der Waals surface area (Å²) in [6.07, 6.45) is -1.32. The fourth-order valence-corrected chi connectivity index (χ4v) is 3.09. The van der Waals surface area contributed by atoms with E-state index < -0.39 is 17.3 Å². The first-order chi connectivity index (χ1) is 12.7. The van der Waals surface area contributed by atoms with Crippen molar-refractivity contribution in [1.29, 1.82) is 0 Å². The monoisotopic (exact) mass is 371 g/mol. The molecule has 1 atom stereocenters. The Morgan fingerprint density at radius 1 is 0.778 bits per heavy atom. The molecular weight excluding hydrogens is 351 g/mol. The Hall–Kier alpha value is -2.66. The van der Waals surface area contributed by atoms with Crippen molar-refractivity contribution in [3.8, 4) is 0 Å². The summed E-state index contributed by atoms with van der Waals surface area (Å²) in [5.41, 5.74) is 0.158. The normalized spacial score (nSPS) is 14.2. The molecule has 2 aromatic carbocycles. The first kappa shape index (κ1) is 19.1. The maximum Gasteiger partial charge on any atom is 0.416 e. The van der Waals surface area contributed by atoms with E-state index in [1.807, 2.05) is 12.1 Å². The number of pyridine rings is 1. The van der Waals surface area contributed by atoms with Gasteiger partial charge in [0.2, 0.25) is 0 Å². The third-order valence-electron chi connectivity index (χ3n) is 4.70. The molecule has 0 aliphatic heterocycles. The van der Waals surface area contributed by atoms with Crippen LogP contribution in [0.25, 0.3) is 0 Å². The van der Waals surface area contributed by atoms with Gasteiger partial charge in [-0.25, -0.2) is 0 Å². The van der Waals surface area contributed by atoms with E-state index in [-0.39, 0.29) is 0 Å². The maximum absolute atomic E-state index is 12.9. The van der Waals surface area contributed by atoms with E-state index in [1.165, 1.54) is 18.3 Å². The number of hydrogen-bond acceptors (Lipinski definition) is 2. The molecular formula is C22H20F3NO. The van der Waals surface area contributed by atoms with Gasteiger partial charge < -0.3 is 5.11 Å². The second kappa shape index (κ2) is 7.16. The Morgan fingerprint density at radius 2 is 1.30 bits per heavy atom.